The standard InChI is InChI=1S/C16H21N3/c1-11-4-5-12(2)14(8-11)9-19-10-18-16-13(3)17-7-6-15(16)19/h4-5,8,10,13,17H,6-7,9H2,1-3H3. The molecule has 100 valence electrons. The number of hydrogen-bond donors (Lipinski definition) is 1. The second kappa shape index (κ2) is 4.82. The highest BCUT2D eigenvalue weighted by molar-refractivity contribution is 5.31. The van der Waals surface area contributed by atoms with Crippen LogP contribution in [0.1, 0.15) is 41.0 Å². The smallest absolute Gasteiger partial charge is 0.0955 e. The molecule has 3 rings (SSSR count). The summed E-state index contributed by atoms with van der Waals surface area (Å²) >= 11 is 0. The zero-order valence-corrected chi connectivity index (χ0v) is 11.9. The fourth-order valence-corrected chi connectivity index (χ4v) is 2.85. The maximum absolute atomic E-state index is 4.59. The number of imidazole rings is 1. The molecule has 0 saturated carbocycles. The predicted molar refractivity (Wildman–Crippen MR) is 77.4 cm³/mol. The normalized spacial score (nSPS) is 18.4. The number of nitrogens with one attached hydrogen (secondary N) is 1. The molecule has 0 fully saturated rings. The van der Waals surface area contributed by atoms with E-state index < -0.39 is 0 Å². The van der Waals surface area contributed by atoms with Crippen LogP contribution in [-0.2, 0) is 13.0 Å². The van der Waals surface area contributed by atoms with Crippen LogP contribution in [-0.4, -0.2) is 16.1 Å². The minimum Gasteiger partial charge on any atom is -0.330 e. The molecule has 0 aliphatic carbocycles. The van der Waals surface area contributed by atoms with Crippen molar-refractivity contribution in [3.63, 3.8) is 0 Å². The summed E-state index contributed by atoms with van der Waals surface area (Å²) < 4.78 is 2.31. The average Bonchev–Trinajstić information content (AvgIpc) is 2.79. The molecule has 1 atom stereocenters. The van der Waals surface area contributed by atoms with Crippen molar-refractivity contribution < 1.29 is 0 Å². The van der Waals surface area contributed by atoms with E-state index in [4.69, 9.17) is 0 Å². The molecule has 19 heavy (non-hydrogen) atoms. The summed E-state index contributed by atoms with van der Waals surface area (Å²) in [6, 6.07) is 7.04. The molecule has 3 heteroatoms. The first-order valence-corrected chi connectivity index (χ1v) is 6.98. The molecule has 3 nitrogen and oxygen atoms in total. The summed E-state index contributed by atoms with van der Waals surface area (Å²) in [5.41, 5.74) is 6.69. The summed E-state index contributed by atoms with van der Waals surface area (Å²) in [7, 11) is 0. The molecule has 1 aliphatic rings. The van der Waals surface area contributed by atoms with Crippen LogP contribution >= 0.6 is 0 Å². The van der Waals surface area contributed by atoms with E-state index in [1.165, 1.54) is 28.1 Å². The van der Waals surface area contributed by atoms with E-state index in [-0.39, 0.29) is 0 Å². The van der Waals surface area contributed by atoms with Gasteiger partial charge in [0.15, 0.2) is 0 Å². The van der Waals surface area contributed by atoms with Gasteiger partial charge in [-0.25, -0.2) is 4.98 Å². The summed E-state index contributed by atoms with van der Waals surface area (Å²) in [5, 5.41) is 3.46. The van der Waals surface area contributed by atoms with Gasteiger partial charge in [0.2, 0.25) is 0 Å². The molecular formula is C16H21N3. The quantitative estimate of drug-likeness (QED) is 0.894. The highest BCUT2D eigenvalue weighted by Gasteiger charge is 2.20. The van der Waals surface area contributed by atoms with Crippen molar-refractivity contribution in [3.05, 3.63) is 52.6 Å². The summed E-state index contributed by atoms with van der Waals surface area (Å²) in [6.45, 7) is 8.50. The summed E-state index contributed by atoms with van der Waals surface area (Å²) in [5.74, 6) is 0. The molecule has 0 bridgehead atoms. The molecule has 0 radical (unpaired) electrons. The number of aryl methyl sites for hydroxylation is 2. The lowest BCUT2D eigenvalue weighted by Gasteiger charge is -2.21. The third kappa shape index (κ3) is 2.30. The molecule has 0 spiro atoms. The second-order valence-corrected chi connectivity index (χ2v) is 5.56. The molecule has 1 aromatic carbocycles. The van der Waals surface area contributed by atoms with E-state index in [0.717, 1.165) is 19.5 Å². The van der Waals surface area contributed by atoms with Gasteiger partial charge in [0.25, 0.3) is 0 Å². The summed E-state index contributed by atoms with van der Waals surface area (Å²) in [6.07, 6.45) is 3.07. The van der Waals surface area contributed by atoms with Crippen molar-refractivity contribution in [1.29, 1.82) is 0 Å². The average molecular weight is 255 g/mol. The van der Waals surface area contributed by atoms with Crippen LogP contribution < -0.4 is 5.32 Å². The SMILES string of the molecule is Cc1ccc(C)c(Cn2cnc3c2CCNC3C)c1. The zero-order valence-electron chi connectivity index (χ0n) is 11.9. The van der Waals surface area contributed by atoms with Gasteiger partial charge in [-0.15, -0.1) is 0 Å². The van der Waals surface area contributed by atoms with Crippen LogP contribution in [0.5, 0.6) is 0 Å². The molecule has 0 saturated heterocycles. The molecule has 2 aromatic rings. The van der Waals surface area contributed by atoms with Crippen molar-refractivity contribution in [2.75, 3.05) is 6.54 Å². The van der Waals surface area contributed by atoms with Crippen LogP contribution in [0.4, 0.5) is 0 Å². The Morgan fingerprint density at radius 3 is 3.05 bits per heavy atom. The van der Waals surface area contributed by atoms with Gasteiger partial charge in [-0.05, 0) is 31.9 Å². The molecular weight excluding hydrogens is 234 g/mol. The van der Waals surface area contributed by atoms with Gasteiger partial charge in [-0.2, -0.15) is 0 Å². The van der Waals surface area contributed by atoms with Gasteiger partial charge < -0.3 is 9.88 Å². The molecule has 1 unspecified atom stereocenters. The third-order valence-corrected chi connectivity index (χ3v) is 4.05. The van der Waals surface area contributed by atoms with E-state index >= 15 is 0 Å². The molecule has 1 N–H and O–H groups in total. The van der Waals surface area contributed by atoms with Crippen LogP contribution in [0.2, 0.25) is 0 Å². The Morgan fingerprint density at radius 1 is 1.37 bits per heavy atom. The van der Waals surface area contributed by atoms with E-state index in [9.17, 15) is 0 Å². The maximum Gasteiger partial charge on any atom is 0.0955 e. The van der Waals surface area contributed by atoms with Gasteiger partial charge in [0, 0.05) is 31.2 Å². The van der Waals surface area contributed by atoms with E-state index in [0.29, 0.717) is 6.04 Å². The Kier molecular flexibility index (Phi) is 3.15. The van der Waals surface area contributed by atoms with Gasteiger partial charge in [0.05, 0.1) is 12.0 Å². The first-order chi connectivity index (χ1) is 9.15. The number of fused-ring (bicyclic) bond motifs is 1. The molecule has 1 aliphatic heterocycles. The molecule has 1 aromatic heterocycles. The number of benzene rings is 1. The largest absolute Gasteiger partial charge is 0.330 e. The van der Waals surface area contributed by atoms with Crippen molar-refractivity contribution in [2.45, 2.75) is 39.8 Å². The first kappa shape index (κ1) is 12.4. The second-order valence-electron chi connectivity index (χ2n) is 5.56. The monoisotopic (exact) mass is 255 g/mol. The van der Waals surface area contributed by atoms with Crippen molar-refractivity contribution >= 4 is 0 Å². The topological polar surface area (TPSA) is 29.9 Å². The van der Waals surface area contributed by atoms with Crippen LogP contribution in [0, 0.1) is 13.8 Å². The van der Waals surface area contributed by atoms with Gasteiger partial charge in [-0.1, -0.05) is 23.8 Å². The van der Waals surface area contributed by atoms with Gasteiger partial charge in [0.1, 0.15) is 0 Å². The minimum absolute atomic E-state index is 0.378. The lowest BCUT2D eigenvalue weighted by atomic mass is 10.0. The van der Waals surface area contributed by atoms with E-state index in [2.05, 4.69) is 53.8 Å². The Bertz CT molecular complexity index is 598. The third-order valence-electron chi connectivity index (χ3n) is 4.05. The lowest BCUT2D eigenvalue weighted by Crippen LogP contribution is -2.29. The van der Waals surface area contributed by atoms with E-state index in [1.807, 2.05) is 6.33 Å². The number of nitrogens with zero attached hydrogens (tertiary/aromatic N) is 2. The number of hydrogen-bond acceptors (Lipinski definition) is 2. The van der Waals surface area contributed by atoms with Gasteiger partial charge in [-0.3, -0.25) is 0 Å². The zero-order chi connectivity index (χ0) is 13.4. The molecule has 2 heterocycles. The van der Waals surface area contributed by atoms with Crippen molar-refractivity contribution in [1.82, 2.24) is 14.9 Å². The maximum atomic E-state index is 4.59. The van der Waals surface area contributed by atoms with E-state index in [1.54, 1.807) is 0 Å². The highest BCUT2D eigenvalue weighted by Crippen LogP contribution is 2.22. The highest BCUT2D eigenvalue weighted by atomic mass is 15.1. The Hall–Kier alpha value is -1.61. The number of rotatable bonds is 2. The first-order valence-electron chi connectivity index (χ1n) is 6.98. The Balaban J connectivity index is 1.94. The molecule has 0 amide bonds. The van der Waals surface area contributed by atoms with Crippen LogP contribution in [0.3, 0.4) is 0 Å². The Morgan fingerprint density at radius 2 is 2.21 bits per heavy atom. The number of aromatic nitrogens is 2. The van der Waals surface area contributed by atoms with Crippen LogP contribution in [0.15, 0.2) is 24.5 Å². The Labute approximate surface area is 114 Å². The minimum atomic E-state index is 0.378. The predicted octanol–water partition coefficient (Wildman–Crippen LogP) is 2.75. The fraction of sp³-hybridized carbons (Fsp3) is 0.438. The fourth-order valence-electron chi connectivity index (χ4n) is 2.85. The van der Waals surface area contributed by atoms with Crippen molar-refractivity contribution in [2.24, 2.45) is 0 Å². The van der Waals surface area contributed by atoms with Crippen molar-refractivity contribution in [3.8, 4) is 0 Å². The lowest BCUT2D eigenvalue weighted by molar-refractivity contribution is 0.516. The van der Waals surface area contributed by atoms with Gasteiger partial charge >= 0.3 is 0 Å². The van der Waals surface area contributed by atoms with Crippen LogP contribution in [0.25, 0.3) is 0 Å². The summed E-state index contributed by atoms with van der Waals surface area (Å²) in [4.78, 5) is 4.59.